The van der Waals surface area contributed by atoms with E-state index >= 15 is 0 Å². The lowest BCUT2D eigenvalue weighted by Gasteiger charge is -2.29. The molecule has 2 atom stereocenters. The molecule has 8 heteroatoms. The smallest absolute Gasteiger partial charge is 0.406 e. The average Bonchev–Trinajstić information content (AvgIpc) is 2.93. The van der Waals surface area contributed by atoms with Gasteiger partial charge in [0.25, 0.3) is 0 Å². The SMILES string of the molecule is CC(c1ccc(Br)s1)N1CCC(C(=O)O)(C(F)(F)F)C1. The first-order valence-electron chi connectivity index (χ1n) is 5.97. The van der Waals surface area contributed by atoms with Crippen molar-refractivity contribution in [3.63, 3.8) is 0 Å². The summed E-state index contributed by atoms with van der Waals surface area (Å²) in [5, 5.41) is 9.02. The molecule has 0 aromatic carbocycles. The Morgan fingerprint density at radius 1 is 1.55 bits per heavy atom. The maximum atomic E-state index is 13.1. The van der Waals surface area contributed by atoms with E-state index in [2.05, 4.69) is 15.9 Å². The molecule has 2 rings (SSSR count). The van der Waals surface area contributed by atoms with Crippen LogP contribution in [0.4, 0.5) is 13.2 Å². The number of aliphatic carboxylic acids is 1. The fourth-order valence-electron chi connectivity index (χ4n) is 2.43. The predicted octanol–water partition coefficient (Wildman–Crippen LogP) is 3.91. The van der Waals surface area contributed by atoms with Crippen LogP contribution >= 0.6 is 27.3 Å². The third kappa shape index (κ3) is 2.60. The summed E-state index contributed by atoms with van der Waals surface area (Å²) < 4.78 is 40.2. The molecular formula is C12H13BrF3NO2S. The second kappa shape index (κ2) is 5.31. The van der Waals surface area contributed by atoms with E-state index in [9.17, 15) is 18.0 Å². The minimum absolute atomic E-state index is 0.127. The largest absolute Gasteiger partial charge is 0.481 e. The molecule has 2 heterocycles. The minimum atomic E-state index is -4.73. The van der Waals surface area contributed by atoms with E-state index in [0.29, 0.717) is 0 Å². The average molecular weight is 372 g/mol. The minimum Gasteiger partial charge on any atom is -0.481 e. The number of thiophene rings is 1. The van der Waals surface area contributed by atoms with E-state index < -0.39 is 30.5 Å². The van der Waals surface area contributed by atoms with Crippen LogP contribution in [0.1, 0.15) is 24.3 Å². The lowest BCUT2D eigenvalue weighted by molar-refractivity contribution is -0.227. The highest BCUT2D eigenvalue weighted by molar-refractivity contribution is 9.11. The number of rotatable bonds is 3. The summed E-state index contributed by atoms with van der Waals surface area (Å²) in [7, 11) is 0. The molecule has 1 aliphatic heterocycles. The predicted molar refractivity (Wildman–Crippen MR) is 72.7 cm³/mol. The van der Waals surface area contributed by atoms with Crippen molar-refractivity contribution in [2.24, 2.45) is 5.41 Å². The zero-order valence-corrected chi connectivity index (χ0v) is 13.0. The Morgan fingerprint density at radius 3 is 2.60 bits per heavy atom. The van der Waals surface area contributed by atoms with Crippen molar-refractivity contribution in [3.05, 3.63) is 20.8 Å². The molecule has 0 saturated carbocycles. The van der Waals surface area contributed by atoms with E-state index in [4.69, 9.17) is 5.11 Å². The third-order valence-corrected chi connectivity index (χ3v) is 5.60. The van der Waals surface area contributed by atoms with Crippen molar-refractivity contribution in [1.29, 1.82) is 0 Å². The first kappa shape index (κ1) is 15.8. The van der Waals surface area contributed by atoms with Crippen molar-refractivity contribution >= 4 is 33.2 Å². The van der Waals surface area contributed by atoms with Gasteiger partial charge in [0.1, 0.15) is 0 Å². The number of nitrogens with zero attached hydrogens (tertiary/aromatic N) is 1. The zero-order chi connectivity index (χ0) is 15.1. The van der Waals surface area contributed by atoms with Crippen molar-refractivity contribution < 1.29 is 23.1 Å². The first-order chi connectivity index (χ1) is 9.17. The Hall–Kier alpha value is -0.600. The van der Waals surface area contributed by atoms with Crippen LogP contribution in [0, 0.1) is 5.41 Å². The van der Waals surface area contributed by atoms with Gasteiger partial charge in [-0.15, -0.1) is 11.3 Å². The van der Waals surface area contributed by atoms with Crippen molar-refractivity contribution in [2.75, 3.05) is 13.1 Å². The Balaban J connectivity index is 2.21. The van der Waals surface area contributed by atoms with E-state index in [1.807, 2.05) is 12.1 Å². The Bertz CT molecular complexity index is 519. The van der Waals surface area contributed by atoms with Crippen LogP contribution in [0.25, 0.3) is 0 Å². The summed E-state index contributed by atoms with van der Waals surface area (Å²) in [6.07, 6.45) is -5.13. The summed E-state index contributed by atoms with van der Waals surface area (Å²) in [6.45, 7) is 1.43. The van der Waals surface area contributed by atoms with Crippen molar-refractivity contribution in [3.8, 4) is 0 Å². The fourth-order valence-corrected chi connectivity index (χ4v) is 3.94. The van der Waals surface area contributed by atoms with Gasteiger partial charge in [-0.2, -0.15) is 13.2 Å². The molecule has 0 aliphatic carbocycles. The van der Waals surface area contributed by atoms with Gasteiger partial charge in [-0.25, -0.2) is 0 Å². The van der Waals surface area contributed by atoms with Crippen LogP contribution in [0.5, 0.6) is 0 Å². The second-order valence-electron chi connectivity index (χ2n) is 4.92. The summed E-state index contributed by atoms with van der Waals surface area (Å²) in [5.74, 6) is -1.79. The number of likely N-dealkylation sites (tertiary alicyclic amines) is 1. The maximum absolute atomic E-state index is 13.1. The van der Waals surface area contributed by atoms with Crippen LogP contribution in [0.15, 0.2) is 15.9 Å². The number of carboxylic acids is 1. The molecule has 0 spiro atoms. The van der Waals surface area contributed by atoms with Gasteiger partial charge in [-0.05, 0) is 41.4 Å². The number of hydrogen-bond acceptors (Lipinski definition) is 3. The van der Waals surface area contributed by atoms with Gasteiger partial charge in [0.15, 0.2) is 5.41 Å². The molecule has 1 aromatic heterocycles. The van der Waals surface area contributed by atoms with E-state index in [1.54, 1.807) is 11.8 Å². The van der Waals surface area contributed by atoms with E-state index in [0.717, 1.165) is 8.66 Å². The lowest BCUT2D eigenvalue weighted by atomic mass is 9.86. The van der Waals surface area contributed by atoms with Gasteiger partial charge in [0, 0.05) is 24.0 Å². The van der Waals surface area contributed by atoms with Crippen molar-refractivity contribution in [1.82, 2.24) is 4.90 Å². The molecular weight excluding hydrogens is 359 g/mol. The Kier molecular flexibility index (Phi) is 4.19. The van der Waals surface area contributed by atoms with Crippen LogP contribution in [-0.4, -0.2) is 35.2 Å². The molecule has 112 valence electrons. The molecule has 20 heavy (non-hydrogen) atoms. The molecule has 1 fully saturated rings. The van der Waals surface area contributed by atoms with E-state index in [1.165, 1.54) is 11.3 Å². The van der Waals surface area contributed by atoms with Gasteiger partial charge in [-0.3, -0.25) is 9.69 Å². The standard InChI is InChI=1S/C12H13BrF3NO2S/c1-7(8-2-3-9(13)20-8)17-5-4-11(6-17,10(18)19)12(14,15)16/h2-3,7H,4-6H2,1H3,(H,18,19). The van der Waals surface area contributed by atoms with Crippen molar-refractivity contribution in [2.45, 2.75) is 25.6 Å². The number of carbonyl (C=O) groups is 1. The van der Waals surface area contributed by atoms with E-state index in [-0.39, 0.29) is 12.6 Å². The van der Waals surface area contributed by atoms with Gasteiger partial charge >= 0.3 is 12.1 Å². The first-order valence-corrected chi connectivity index (χ1v) is 7.58. The van der Waals surface area contributed by atoms with Gasteiger partial charge in [0.05, 0.1) is 3.79 Å². The summed E-state index contributed by atoms with van der Waals surface area (Å²) in [5.41, 5.74) is -2.64. The maximum Gasteiger partial charge on any atom is 0.406 e. The molecule has 0 bridgehead atoms. The fraction of sp³-hybridized carbons (Fsp3) is 0.583. The number of alkyl halides is 3. The molecule has 1 saturated heterocycles. The quantitative estimate of drug-likeness (QED) is 0.875. The Labute approximate surface area is 126 Å². The second-order valence-corrected chi connectivity index (χ2v) is 7.42. The van der Waals surface area contributed by atoms with Gasteiger partial charge in [-0.1, -0.05) is 0 Å². The van der Waals surface area contributed by atoms with Crippen LogP contribution < -0.4 is 0 Å². The molecule has 3 nitrogen and oxygen atoms in total. The highest BCUT2D eigenvalue weighted by atomic mass is 79.9. The molecule has 0 radical (unpaired) electrons. The number of carboxylic acid groups (broad SMARTS) is 1. The number of hydrogen-bond donors (Lipinski definition) is 1. The van der Waals surface area contributed by atoms with Gasteiger partial charge < -0.3 is 5.11 Å². The topological polar surface area (TPSA) is 40.5 Å². The highest BCUT2D eigenvalue weighted by Crippen LogP contribution is 2.48. The zero-order valence-electron chi connectivity index (χ0n) is 10.6. The summed E-state index contributed by atoms with van der Waals surface area (Å²) in [6, 6.07) is 3.45. The van der Waals surface area contributed by atoms with Crippen LogP contribution in [0.2, 0.25) is 0 Å². The summed E-state index contributed by atoms with van der Waals surface area (Å²) >= 11 is 4.76. The molecule has 0 amide bonds. The van der Waals surface area contributed by atoms with Crippen LogP contribution in [0.3, 0.4) is 0 Å². The monoisotopic (exact) mass is 371 g/mol. The van der Waals surface area contributed by atoms with Gasteiger partial charge in [0.2, 0.25) is 0 Å². The molecule has 1 aliphatic rings. The lowest BCUT2D eigenvalue weighted by Crippen LogP contribution is -2.47. The Morgan fingerprint density at radius 2 is 2.20 bits per heavy atom. The summed E-state index contributed by atoms with van der Waals surface area (Å²) in [4.78, 5) is 13.6. The van der Waals surface area contributed by atoms with Crippen LogP contribution in [-0.2, 0) is 4.79 Å². The molecule has 2 unspecified atom stereocenters. The number of halogens is 4. The highest BCUT2D eigenvalue weighted by Gasteiger charge is 2.63. The normalized spacial score (nSPS) is 25.9. The third-order valence-electron chi connectivity index (χ3n) is 3.80. The molecule has 1 N–H and O–H groups in total. The molecule has 1 aromatic rings.